The van der Waals surface area contributed by atoms with Gasteiger partial charge in [-0.15, -0.1) is 0 Å². The van der Waals surface area contributed by atoms with Crippen molar-refractivity contribution >= 4 is 17.6 Å². The average Bonchev–Trinajstić information content (AvgIpc) is 3.07. The minimum Gasteiger partial charge on any atom is -0.337 e. The molecule has 2 aromatic carbocycles. The van der Waals surface area contributed by atoms with Crippen LogP contribution in [0.3, 0.4) is 0 Å². The zero-order valence-electron chi connectivity index (χ0n) is 26.1. The van der Waals surface area contributed by atoms with Crippen LogP contribution in [0.25, 0.3) is 0 Å². The molecule has 1 fully saturated rings. The summed E-state index contributed by atoms with van der Waals surface area (Å²) in [5.41, 5.74) is 12.7. The summed E-state index contributed by atoms with van der Waals surface area (Å²) in [7, 11) is 0. The molecule has 44 heavy (non-hydrogen) atoms. The Kier molecular flexibility index (Phi) is 13.7. The minimum absolute atomic E-state index is 0.120. The van der Waals surface area contributed by atoms with Gasteiger partial charge < -0.3 is 21.3 Å². The van der Waals surface area contributed by atoms with Gasteiger partial charge >= 0.3 is 0 Å². The Morgan fingerprint density at radius 1 is 0.591 bits per heavy atom. The zero-order valence-corrected chi connectivity index (χ0v) is 26.1. The van der Waals surface area contributed by atoms with Crippen LogP contribution in [-0.4, -0.2) is 70.8 Å². The number of ketones is 1. The first-order valence-electron chi connectivity index (χ1n) is 16.5. The van der Waals surface area contributed by atoms with Crippen LogP contribution in [0, 0.1) is 0 Å². The summed E-state index contributed by atoms with van der Waals surface area (Å²) >= 11 is 0. The highest BCUT2D eigenvalue weighted by Crippen LogP contribution is 2.20. The van der Waals surface area contributed by atoms with E-state index in [1.165, 1.54) is 25.7 Å². The maximum absolute atomic E-state index is 13.6. The van der Waals surface area contributed by atoms with E-state index in [-0.39, 0.29) is 11.7 Å². The van der Waals surface area contributed by atoms with Gasteiger partial charge in [0.15, 0.2) is 5.78 Å². The highest BCUT2D eigenvalue weighted by molar-refractivity contribution is 6.15. The Labute approximate surface area is 262 Å². The van der Waals surface area contributed by atoms with Crippen LogP contribution in [0.1, 0.15) is 102 Å². The number of benzene rings is 2. The molecule has 0 aliphatic carbocycles. The largest absolute Gasteiger partial charge is 0.337 e. The fraction of sp³-hybridized carbons (Fsp3) is 0.514. The standard InChI is InChI=1S/C35H49N7O2/c36-22-14-5-1-3-10-20-31-38-32(21-11-4-2-6-15-23-37)40-35(39-31)42-26-24-41(25-27-42)34(44)30-19-13-12-18-29(30)33(43)28-16-8-7-9-17-28/h7-9,12-13,16-19H,1-6,10-11,14-15,20-27,36-37H2. The molecule has 0 atom stereocenters. The highest BCUT2D eigenvalue weighted by Gasteiger charge is 2.27. The van der Waals surface area contributed by atoms with Crippen molar-refractivity contribution in [3.63, 3.8) is 0 Å². The van der Waals surface area contributed by atoms with Gasteiger partial charge in [0.05, 0.1) is 5.56 Å². The van der Waals surface area contributed by atoms with Crippen LogP contribution in [0.15, 0.2) is 54.6 Å². The van der Waals surface area contributed by atoms with Crippen LogP contribution >= 0.6 is 0 Å². The number of rotatable bonds is 18. The lowest BCUT2D eigenvalue weighted by Gasteiger charge is -2.35. The van der Waals surface area contributed by atoms with Crippen LogP contribution in [-0.2, 0) is 12.8 Å². The second-order valence-corrected chi connectivity index (χ2v) is 11.6. The lowest BCUT2D eigenvalue weighted by Crippen LogP contribution is -2.49. The molecular formula is C35H49N7O2. The summed E-state index contributed by atoms with van der Waals surface area (Å²) in [4.78, 5) is 45.5. The van der Waals surface area contributed by atoms with Crippen LogP contribution in [0.5, 0.6) is 0 Å². The van der Waals surface area contributed by atoms with Gasteiger partial charge in [-0.3, -0.25) is 9.59 Å². The van der Waals surface area contributed by atoms with Gasteiger partial charge in [0.2, 0.25) is 5.95 Å². The van der Waals surface area contributed by atoms with E-state index in [1.54, 1.807) is 30.3 Å². The van der Waals surface area contributed by atoms with E-state index < -0.39 is 0 Å². The Hall–Kier alpha value is -3.69. The number of hydrogen-bond acceptors (Lipinski definition) is 8. The number of unbranched alkanes of at least 4 members (excludes halogenated alkanes) is 8. The summed E-state index contributed by atoms with van der Waals surface area (Å²) in [6.07, 6.45) is 12.9. The average molecular weight is 600 g/mol. The van der Waals surface area contributed by atoms with Gasteiger partial charge in [0, 0.05) is 50.1 Å². The third kappa shape index (κ3) is 9.92. The summed E-state index contributed by atoms with van der Waals surface area (Å²) < 4.78 is 0. The molecule has 9 heteroatoms. The van der Waals surface area contributed by atoms with E-state index >= 15 is 0 Å². The Morgan fingerprint density at radius 2 is 1.09 bits per heavy atom. The monoisotopic (exact) mass is 599 g/mol. The van der Waals surface area contributed by atoms with Crippen molar-refractivity contribution in [2.45, 2.75) is 77.0 Å². The third-order valence-corrected chi connectivity index (χ3v) is 8.21. The quantitative estimate of drug-likeness (QED) is 0.155. The third-order valence-electron chi connectivity index (χ3n) is 8.21. The molecular weight excluding hydrogens is 550 g/mol. The summed E-state index contributed by atoms with van der Waals surface area (Å²) in [6, 6.07) is 16.2. The van der Waals surface area contributed by atoms with E-state index in [0.29, 0.717) is 48.8 Å². The molecule has 4 rings (SSSR count). The Morgan fingerprint density at radius 3 is 1.66 bits per heavy atom. The van der Waals surface area contributed by atoms with Gasteiger partial charge in [0.25, 0.3) is 5.91 Å². The molecule has 4 N–H and O–H groups in total. The lowest BCUT2D eigenvalue weighted by molar-refractivity contribution is 0.0742. The van der Waals surface area contributed by atoms with Crippen LogP contribution < -0.4 is 16.4 Å². The molecule has 0 bridgehead atoms. The number of anilines is 1. The normalized spacial score (nSPS) is 13.3. The number of carbonyl (C=O) groups is 2. The number of amides is 1. The molecule has 2 heterocycles. The molecule has 1 aliphatic rings. The molecule has 0 radical (unpaired) electrons. The van der Waals surface area contributed by atoms with E-state index in [9.17, 15) is 9.59 Å². The number of hydrogen-bond donors (Lipinski definition) is 2. The van der Waals surface area contributed by atoms with Crippen molar-refractivity contribution in [3.05, 3.63) is 82.9 Å². The summed E-state index contributed by atoms with van der Waals surface area (Å²) in [5.74, 6) is 2.17. The molecule has 0 unspecified atom stereocenters. The summed E-state index contributed by atoms with van der Waals surface area (Å²) in [6.45, 7) is 3.83. The number of carbonyl (C=O) groups excluding carboxylic acids is 2. The van der Waals surface area contributed by atoms with Crippen molar-refractivity contribution in [1.82, 2.24) is 19.9 Å². The van der Waals surface area contributed by atoms with Crippen molar-refractivity contribution in [2.75, 3.05) is 44.2 Å². The van der Waals surface area contributed by atoms with Crippen LogP contribution in [0.2, 0.25) is 0 Å². The van der Waals surface area contributed by atoms with E-state index in [4.69, 9.17) is 26.4 Å². The smallest absolute Gasteiger partial charge is 0.254 e. The number of aryl methyl sites for hydroxylation is 2. The van der Waals surface area contributed by atoms with Crippen LogP contribution in [0.4, 0.5) is 5.95 Å². The first kappa shape index (κ1) is 33.2. The minimum atomic E-state index is -0.141. The summed E-state index contributed by atoms with van der Waals surface area (Å²) in [5, 5.41) is 0. The molecule has 1 amide bonds. The second-order valence-electron chi connectivity index (χ2n) is 11.6. The highest BCUT2D eigenvalue weighted by atomic mass is 16.2. The Balaban J connectivity index is 1.40. The van der Waals surface area contributed by atoms with E-state index in [0.717, 1.165) is 76.1 Å². The van der Waals surface area contributed by atoms with Gasteiger partial charge in [-0.25, -0.2) is 4.98 Å². The van der Waals surface area contributed by atoms with Gasteiger partial charge in [0.1, 0.15) is 11.6 Å². The topological polar surface area (TPSA) is 131 Å². The fourth-order valence-corrected chi connectivity index (χ4v) is 5.63. The van der Waals surface area contributed by atoms with Crippen molar-refractivity contribution in [3.8, 4) is 0 Å². The molecule has 0 spiro atoms. The lowest BCUT2D eigenvalue weighted by atomic mass is 9.97. The van der Waals surface area contributed by atoms with Crippen molar-refractivity contribution in [1.29, 1.82) is 0 Å². The molecule has 1 saturated heterocycles. The molecule has 0 saturated carbocycles. The molecule has 1 aliphatic heterocycles. The number of piperazine rings is 1. The second kappa shape index (κ2) is 18.2. The van der Waals surface area contributed by atoms with E-state index in [1.807, 2.05) is 29.2 Å². The molecule has 9 nitrogen and oxygen atoms in total. The van der Waals surface area contributed by atoms with Crippen molar-refractivity contribution < 1.29 is 9.59 Å². The SMILES string of the molecule is NCCCCCCCc1nc(CCCCCCCN)nc(N2CCN(C(=O)c3ccccc3C(=O)c3ccccc3)CC2)n1. The molecule has 1 aromatic heterocycles. The number of nitrogens with two attached hydrogens (primary N) is 2. The number of nitrogens with zero attached hydrogens (tertiary/aromatic N) is 5. The first-order chi connectivity index (χ1) is 21.6. The van der Waals surface area contributed by atoms with E-state index in [2.05, 4.69) is 4.90 Å². The fourth-order valence-electron chi connectivity index (χ4n) is 5.63. The number of aromatic nitrogens is 3. The predicted molar refractivity (Wildman–Crippen MR) is 176 cm³/mol. The maximum Gasteiger partial charge on any atom is 0.254 e. The molecule has 236 valence electrons. The van der Waals surface area contributed by atoms with Gasteiger partial charge in [-0.2, -0.15) is 9.97 Å². The maximum atomic E-state index is 13.6. The van der Waals surface area contributed by atoms with Crippen molar-refractivity contribution in [2.24, 2.45) is 11.5 Å². The van der Waals surface area contributed by atoms with Gasteiger partial charge in [-0.1, -0.05) is 87.1 Å². The van der Waals surface area contributed by atoms with Gasteiger partial charge in [-0.05, 0) is 44.8 Å². The molecule has 3 aromatic rings. The predicted octanol–water partition coefficient (Wildman–Crippen LogP) is 4.97. The Bertz CT molecular complexity index is 1280. The zero-order chi connectivity index (χ0) is 31.0. The first-order valence-corrected chi connectivity index (χ1v) is 16.5.